The molecule has 2 aromatic heterocycles. The molecule has 8 nitrogen and oxygen atoms in total. The highest BCUT2D eigenvalue weighted by atomic mass is 16.5. The molecule has 146 valence electrons. The maximum atomic E-state index is 12.7. The number of hydrogen-bond donors (Lipinski definition) is 0. The van der Waals surface area contributed by atoms with Gasteiger partial charge < -0.3 is 9.42 Å². The van der Waals surface area contributed by atoms with Crippen molar-refractivity contribution in [2.45, 2.75) is 26.9 Å². The van der Waals surface area contributed by atoms with Crippen molar-refractivity contribution in [3.8, 4) is 0 Å². The van der Waals surface area contributed by atoms with Crippen LogP contribution in [0.5, 0.6) is 0 Å². The zero-order chi connectivity index (χ0) is 19.7. The molecule has 1 fully saturated rings. The molecule has 0 saturated carbocycles. The van der Waals surface area contributed by atoms with Gasteiger partial charge >= 0.3 is 0 Å². The van der Waals surface area contributed by atoms with Crippen molar-refractivity contribution in [3.63, 3.8) is 0 Å². The molecule has 3 aromatic rings. The fourth-order valence-electron chi connectivity index (χ4n) is 3.61. The first kappa shape index (κ1) is 18.4. The number of carbonyl (C=O) groups excluding carboxylic acids is 1. The number of nitrogens with zero attached hydrogens (tertiary/aromatic N) is 5. The van der Waals surface area contributed by atoms with E-state index in [0.29, 0.717) is 25.0 Å². The molecule has 1 aromatic carbocycles. The zero-order valence-electron chi connectivity index (χ0n) is 16.1. The van der Waals surface area contributed by atoms with E-state index < -0.39 is 0 Å². The van der Waals surface area contributed by atoms with E-state index in [9.17, 15) is 9.59 Å². The molecule has 1 aliphatic heterocycles. The Labute approximate surface area is 162 Å². The Hall–Kier alpha value is -3.00. The van der Waals surface area contributed by atoms with Gasteiger partial charge in [-0.3, -0.25) is 14.5 Å². The first-order valence-electron chi connectivity index (χ1n) is 9.40. The van der Waals surface area contributed by atoms with Crippen molar-refractivity contribution >= 4 is 16.7 Å². The largest absolute Gasteiger partial charge is 0.360 e. The van der Waals surface area contributed by atoms with Gasteiger partial charge in [0.25, 0.3) is 5.56 Å². The Balaban J connectivity index is 1.40. The molecule has 1 amide bonds. The van der Waals surface area contributed by atoms with Crippen LogP contribution in [0, 0.1) is 13.8 Å². The van der Waals surface area contributed by atoms with E-state index in [4.69, 9.17) is 4.52 Å². The van der Waals surface area contributed by atoms with E-state index in [1.165, 1.54) is 4.68 Å². The Morgan fingerprint density at radius 2 is 1.82 bits per heavy atom. The average Bonchev–Trinajstić information content (AvgIpc) is 3.11. The second-order valence-electron chi connectivity index (χ2n) is 7.19. The first-order chi connectivity index (χ1) is 13.5. The Bertz CT molecular complexity index is 1060. The minimum absolute atomic E-state index is 0.0359. The maximum absolute atomic E-state index is 12.7. The number of rotatable bonds is 4. The van der Waals surface area contributed by atoms with E-state index in [1.807, 2.05) is 38.1 Å². The van der Waals surface area contributed by atoms with E-state index in [0.717, 1.165) is 35.6 Å². The summed E-state index contributed by atoms with van der Waals surface area (Å²) in [6, 6.07) is 9.28. The van der Waals surface area contributed by atoms with Crippen LogP contribution >= 0.6 is 0 Å². The molecule has 0 bridgehead atoms. The number of amides is 1. The molecule has 4 rings (SSSR count). The number of piperazine rings is 1. The maximum Gasteiger partial charge on any atom is 0.275 e. The second-order valence-corrected chi connectivity index (χ2v) is 7.19. The Morgan fingerprint density at radius 1 is 1.11 bits per heavy atom. The van der Waals surface area contributed by atoms with Gasteiger partial charge in [-0.15, -0.1) is 0 Å². The van der Waals surface area contributed by atoms with Crippen LogP contribution in [0.4, 0.5) is 0 Å². The molecule has 0 unspecified atom stereocenters. The van der Waals surface area contributed by atoms with E-state index in [-0.39, 0.29) is 18.0 Å². The first-order valence-corrected chi connectivity index (χ1v) is 9.40. The molecule has 3 heterocycles. The van der Waals surface area contributed by atoms with Crippen LogP contribution in [0.25, 0.3) is 10.8 Å². The fraction of sp³-hybridized carbons (Fsp3) is 0.400. The number of aryl methyl sites for hydroxylation is 2. The van der Waals surface area contributed by atoms with Crippen LogP contribution in [0.1, 0.15) is 17.1 Å². The molecule has 8 heteroatoms. The third-order valence-corrected chi connectivity index (χ3v) is 5.12. The van der Waals surface area contributed by atoms with Gasteiger partial charge in [0.15, 0.2) is 5.76 Å². The Morgan fingerprint density at radius 3 is 2.50 bits per heavy atom. The predicted molar refractivity (Wildman–Crippen MR) is 104 cm³/mol. The summed E-state index contributed by atoms with van der Waals surface area (Å²) in [6.45, 7) is 7.15. The van der Waals surface area contributed by atoms with Gasteiger partial charge in [0.2, 0.25) is 5.91 Å². The van der Waals surface area contributed by atoms with Crippen molar-refractivity contribution in [1.82, 2.24) is 24.7 Å². The summed E-state index contributed by atoms with van der Waals surface area (Å²) < 4.78 is 6.54. The summed E-state index contributed by atoms with van der Waals surface area (Å²) in [5.41, 5.74) is 1.39. The molecule has 0 N–H and O–H groups in total. The third-order valence-electron chi connectivity index (χ3n) is 5.12. The minimum Gasteiger partial charge on any atom is -0.360 e. The molecule has 28 heavy (non-hydrogen) atoms. The number of carbonyl (C=O) groups is 1. The lowest BCUT2D eigenvalue weighted by Gasteiger charge is -2.34. The van der Waals surface area contributed by atoms with Gasteiger partial charge in [-0.1, -0.05) is 23.4 Å². The summed E-state index contributed by atoms with van der Waals surface area (Å²) in [5.74, 6) is 0.749. The van der Waals surface area contributed by atoms with Crippen molar-refractivity contribution in [2.75, 3.05) is 26.2 Å². The standard InChI is InChI=1S/C20H23N5O3/c1-14-11-16(28-22-14)12-23-7-9-24(10-8-23)19(26)13-25-20(27)18-6-4-3-5-17(18)15(2)21-25/h3-6,11H,7-10,12-13H2,1-2H3. The van der Waals surface area contributed by atoms with E-state index in [2.05, 4.69) is 15.2 Å². The highest BCUT2D eigenvalue weighted by Crippen LogP contribution is 2.13. The van der Waals surface area contributed by atoms with Gasteiger partial charge in [0.1, 0.15) is 6.54 Å². The Kier molecular flexibility index (Phi) is 4.95. The van der Waals surface area contributed by atoms with Gasteiger partial charge in [0, 0.05) is 37.6 Å². The van der Waals surface area contributed by atoms with Gasteiger partial charge in [-0.25, -0.2) is 4.68 Å². The quantitative estimate of drug-likeness (QED) is 0.678. The topological polar surface area (TPSA) is 84.5 Å². The van der Waals surface area contributed by atoms with Crippen molar-refractivity contribution in [1.29, 1.82) is 0 Å². The van der Waals surface area contributed by atoms with Crippen LogP contribution in [0.15, 0.2) is 39.6 Å². The number of aromatic nitrogens is 3. The highest BCUT2D eigenvalue weighted by molar-refractivity contribution is 5.83. The molecule has 0 atom stereocenters. The third kappa shape index (κ3) is 3.68. The van der Waals surface area contributed by atoms with E-state index >= 15 is 0 Å². The summed E-state index contributed by atoms with van der Waals surface area (Å²) in [6.07, 6.45) is 0. The van der Waals surface area contributed by atoms with Crippen LogP contribution in [0.2, 0.25) is 0 Å². The predicted octanol–water partition coefficient (Wildman–Crippen LogP) is 1.35. The summed E-state index contributed by atoms with van der Waals surface area (Å²) >= 11 is 0. The van der Waals surface area contributed by atoms with Crippen LogP contribution in [-0.4, -0.2) is 56.8 Å². The lowest BCUT2D eigenvalue weighted by Crippen LogP contribution is -2.49. The number of benzene rings is 1. The lowest BCUT2D eigenvalue weighted by atomic mass is 10.1. The minimum atomic E-state index is -0.228. The average molecular weight is 381 g/mol. The molecular formula is C20H23N5O3. The summed E-state index contributed by atoms with van der Waals surface area (Å²) in [4.78, 5) is 29.4. The van der Waals surface area contributed by atoms with Crippen molar-refractivity contribution in [2.24, 2.45) is 0 Å². The summed E-state index contributed by atoms with van der Waals surface area (Å²) in [7, 11) is 0. The smallest absolute Gasteiger partial charge is 0.275 e. The van der Waals surface area contributed by atoms with Crippen LogP contribution in [-0.2, 0) is 17.9 Å². The highest BCUT2D eigenvalue weighted by Gasteiger charge is 2.23. The fourth-order valence-corrected chi connectivity index (χ4v) is 3.61. The number of fused-ring (bicyclic) bond motifs is 1. The molecule has 0 radical (unpaired) electrons. The van der Waals surface area contributed by atoms with Crippen LogP contribution in [0.3, 0.4) is 0 Å². The zero-order valence-corrected chi connectivity index (χ0v) is 16.1. The molecule has 1 saturated heterocycles. The van der Waals surface area contributed by atoms with Gasteiger partial charge in [0.05, 0.1) is 23.3 Å². The van der Waals surface area contributed by atoms with Gasteiger partial charge in [-0.2, -0.15) is 5.10 Å². The second kappa shape index (κ2) is 7.55. The van der Waals surface area contributed by atoms with E-state index in [1.54, 1.807) is 11.0 Å². The monoisotopic (exact) mass is 381 g/mol. The van der Waals surface area contributed by atoms with Crippen molar-refractivity contribution < 1.29 is 9.32 Å². The van der Waals surface area contributed by atoms with Crippen molar-refractivity contribution in [3.05, 3.63) is 57.8 Å². The number of hydrogen-bond acceptors (Lipinski definition) is 6. The summed E-state index contributed by atoms with van der Waals surface area (Å²) in [5, 5.41) is 9.66. The van der Waals surface area contributed by atoms with Crippen LogP contribution < -0.4 is 5.56 Å². The molecular weight excluding hydrogens is 358 g/mol. The lowest BCUT2D eigenvalue weighted by molar-refractivity contribution is -0.134. The molecule has 1 aliphatic rings. The normalized spacial score (nSPS) is 15.3. The molecule has 0 spiro atoms. The molecule has 0 aliphatic carbocycles. The SMILES string of the molecule is Cc1cc(CN2CCN(C(=O)Cn3nc(C)c4ccccc4c3=O)CC2)on1. The van der Waals surface area contributed by atoms with Gasteiger partial charge in [-0.05, 0) is 19.9 Å².